The Bertz CT molecular complexity index is 538. The van der Waals surface area contributed by atoms with E-state index in [0.29, 0.717) is 0 Å². The first-order valence-electron chi connectivity index (χ1n) is 5.96. The first-order valence-corrected chi connectivity index (χ1v) is 6.95. The molecule has 0 bridgehead atoms. The fourth-order valence-corrected chi connectivity index (χ4v) is 3.18. The van der Waals surface area contributed by atoms with Gasteiger partial charge in [0, 0.05) is 11.4 Å². The van der Waals surface area contributed by atoms with Crippen LogP contribution in [0, 0.1) is 0 Å². The van der Waals surface area contributed by atoms with Gasteiger partial charge in [-0.2, -0.15) is 0 Å². The highest BCUT2D eigenvalue weighted by Crippen LogP contribution is 2.38. The van der Waals surface area contributed by atoms with Crippen LogP contribution in [0.1, 0.15) is 5.56 Å². The maximum Gasteiger partial charge on any atom is 0.118 e. The zero-order chi connectivity index (χ0) is 12.4. The van der Waals surface area contributed by atoms with Crippen LogP contribution in [0.2, 0.25) is 0 Å². The molecular formula is C15H15NOS. The Morgan fingerprint density at radius 1 is 1.11 bits per heavy atom. The SMILES string of the molecule is COc1ccc(CN2CSc3ccccc32)cc1. The summed E-state index contributed by atoms with van der Waals surface area (Å²) >= 11 is 1.90. The Balaban J connectivity index is 1.77. The molecule has 0 atom stereocenters. The lowest BCUT2D eigenvalue weighted by Crippen LogP contribution is -2.18. The molecule has 0 spiro atoms. The number of ether oxygens (including phenoxy) is 1. The average molecular weight is 257 g/mol. The second-order valence-electron chi connectivity index (χ2n) is 4.29. The Morgan fingerprint density at radius 2 is 1.89 bits per heavy atom. The number of methoxy groups -OCH3 is 1. The van der Waals surface area contributed by atoms with E-state index in [0.717, 1.165) is 18.2 Å². The summed E-state index contributed by atoms with van der Waals surface area (Å²) < 4.78 is 5.18. The first-order chi connectivity index (χ1) is 8.86. The van der Waals surface area contributed by atoms with Crippen molar-refractivity contribution in [2.24, 2.45) is 0 Å². The van der Waals surface area contributed by atoms with E-state index >= 15 is 0 Å². The molecule has 0 aromatic heterocycles. The molecule has 0 aliphatic carbocycles. The molecule has 0 saturated heterocycles. The van der Waals surface area contributed by atoms with Gasteiger partial charge in [0.05, 0.1) is 18.7 Å². The van der Waals surface area contributed by atoms with Crippen molar-refractivity contribution >= 4 is 17.4 Å². The largest absolute Gasteiger partial charge is 0.497 e. The Kier molecular flexibility index (Phi) is 3.15. The molecule has 18 heavy (non-hydrogen) atoms. The van der Waals surface area contributed by atoms with Crippen LogP contribution in [-0.2, 0) is 6.54 Å². The van der Waals surface area contributed by atoms with Gasteiger partial charge in [-0.25, -0.2) is 0 Å². The van der Waals surface area contributed by atoms with Crippen LogP contribution >= 0.6 is 11.8 Å². The van der Waals surface area contributed by atoms with E-state index < -0.39 is 0 Å². The van der Waals surface area contributed by atoms with E-state index in [1.807, 2.05) is 23.9 Å². The number of thioether (sulfide) groups is 1. The molecule has 0 unspecified atom stereocenters. The van der Waals surface area contributed by atoms with Gasteiger partial charge in [-0.1, -0.05) is 24.3 Å². The molecule has 2 nitrogen and oxygen atoms in total. The monoisotopic (exact) mass is 257 g/mol. The van der Waals surface area contributed by atoms with Crippen LogP contribution < -0.4 is 9.64 Å². The van der Waals surface area contributed by atoms with Crippen molar-refractivity contribution in [2.75, 3.05) is 17.9 Å². The molecule has 0 fully saturated rings. The number of rotatable bonds is 3. The molecule has 1 heterocycles. The van der Waals surface area contributed by atoms with Gasteiger partial charge in [0.2, 0.25) is 0 Å². The molecule has 3 rings (SSSR count). The molecule has 1 aliphatic rings. The number of nitrogens with zero attached hydrogens (tertiary/aromatic N) is 1. The minimum Gasteiger partial charge on any atom is -0.497 e. The zero-order valence-electron chi connectivity index (χ0n) is 10.3. The molecule has 1 aliphatic heterocycles. The van der Waals surface area contributed by atoms with Gasteiger partial charge in [-0.05, 0) is 29.8 Å². The third-order valence-electron chi connectivity index (χ3n) is 3.11. The predicted molar refractivity (Wildman–Crippen MR) is 76.3 cm³/mol. The molecule has 0 saturated carbocycles. The smallest absolute Gasteiger partial charge is 0.118 e. The topological polar surface area (TPSA) is 12.5 Å². The summed E-state index contributed by atoms with van der Waals surface area (Å²) in [5, 5.41) is 0. The van der Waals surface area contributed by atoms with Gasteiger partial charge in [0.15, 0.2) is 0 Å². The van der Waals surface area contributed by atoms with Crippen LogP contribution in [-0.4, -0.2) is 13.0 Å². The molecule has 3 heteroatoms. The van der Waals surface area contributed by atoms with E-state index in [-0.39, 0.29) is 0 Å². The van der Waals surface area contributed by atoms with Gasteiger partial charge in [0.1, 0.15) is 5.75 Å². The third kappa shape index (κ3) is 2.18. The molecule has 0 radical (unpaired) electrons. The van der Waals surface area contributed by atoms with E-state index in [9.17, 15) is 0 Å². The molecule has 0 N–H and O–H groups in total. The van der Waals surface area contributed by atoms with Crippen LogP contribution in [0.3, 0.4) is 0 Å². The highest BCUT2D eigenvalue weighted by Gasteiger charge is 2.18. The van der Waals surface area contributed by atoms with E-state index in [2.05, 4.69) is 41.3 Å². The Labute approximate surface area is 112 Å². The fourth-order valence-electron chi connectivity index (χ4n) is 2.14. The van der Waals surface area contributed by atoms with Crippen molar-refractivity contribution in [3.63, 3.8) is 0 Å². The molecular weight excluding hydrogens is 242 g/mol. The zero-order valence-corrected chi connectivity index (χ0v) is 11.1. The molecule has 2 aromatic rings. The van der Waals surface area contributed by atoms with Crippen LogP contribution in [0.5, 0.6) is 5.75 Å². The van der Waals surface area contributed by atoms with Crippen LogP contribution in [0.4, 0.5) is 5.69 Å². The first kappa shape index (κ1) is 11.5. The van der Waals surface area contributed by atoms with Crippen molar-refractivity contribution in [3.8, 4) is 5.75 Å². The maximum absolute atomic E-state index is 5.18. The maximum atomic E-state index is 5.18. The summed E-state index contributed by atoms with van der Waals surface area (Å²) in [5.41, 5.74) is 2.66. The number of fused-ring (bicyclic) bond motifs is 1. The standard InChI is InChI=1S/C15H15NOS/c1-17-13-8-6-12(7-9-13)10-16-11-18-15-5-3-2-4-14(15)16/h2-9H,10-11H2,1H3. The van der Waals surface area contributed by atoms with Gasteiger partial charge < -0.3 is 9.64 Å². The van der Waals surface area contributed by atoms with Gasteiger partial charge in [-0.3, -0.25) is 0 Å². The number of anilines is 1. The van der Waals surface area contributed by atoms with E-state index in [1.165, 1.54) is 16.1 Å². The molecule has 2 aromatic carbocycles. The minimum atomic E-state index is 0.912. The van der Waals surface area contributed by atoms with Crippen molar-refractivity contribution in [1.82, 2.24) is 0 Å². The summed E-state index contributed by atoms with van der Waals surface area (Å²) in [6.45, 7) is 0.952. The average Bonchev–Trinajstić information content (AvgIpc) is 2.83. The lowest BCUT2D eigenvalue weighted by atomic mass is 10.2. The van der Waals surface area contributed by atoms with Crippen molar-refractivity contribution in [1.29, 1.82) is 0 Å². The van der Waals surface area contributed by atoms with Crippen LogP contribution in [0.15, 0.2) is 53.4 Å². The number of hydrogen-bond acceptors (Lipinski definition) is 3. The van der Waals surface area contributed by atoms with Crippen molar-refractivity contribution < 1.29 is 4.74 Å². The van der Waals surface area contributed by atoms with Crippen molar-refractivity contribution in [2.45, 2.75) is 11.4 Å². The van der Waals surface area contributed by atoms with Gasteiger partial charge >= 0.3 is 0 Å². The quantitative estimate of drug-likeness (QED) is 0.830. The molecule has 92 valence electrons. The molecule has 0 amide bonds. The number of hydrogen-bond donors (Lipinski definition) is 0. The summed E-state index contributed by atoms with van der Waals surface area (Å²) in [5.74, 6) is 1.95. The highest BCUT2D eigenvalue weighted by molar-refractivity contribution is 7.99. The van der Waals surface area contributed by atoms with Gasteiger partial charge in [-0.15, -0.1) is 11.8 Å². The fraction of sp³-hybridized carbons (Fsp3) is 0.200. The normalized spacial score (nSPS) is 13.5. The second kappa shape index (κ2) is 4.94. The third-order valence-corrected chi connectivity index (χ3v) is 4.21. The summed E-state index contributed by atoms with van der Waals surface area (Å²) in [6.07, 6.45) is 0. The van der Waals surface area contributed by atoms with Gasteiger partial charge in [0.25, 0.3) is 0 Å². The van der Waals surface area contributed by atoms with Crippen molar-refractivity contribution in [3.05, 3.63) is 54.1 Å². The Hall–Kier alpha value is -1.61. The summed E-state index contributed by atoms with van der Waals surface area (Å²) in [4.78, 5) is 3.79. The van der Waals surface area contributed by atoms with E-state index in [4.69, 9.17) is 4.74 Å². The minimum absolute atomic E-state index is 0.912. The lowest BCUT2D eigenvalue weighted by molar-refractivity contribution is 0.414. The highest BCUT2D eigenvalue weighted by atomic mass is 32.2. The number of para-hydroxylation sites is 1. The van der Waals surface area contributed by atoms with E-state index in [1.54, 1.807) is 7.11 Å². The van der Waals surface area contributed by atoms with Crippen LogP contribution in [0.25, 0.3) is 0 Å². The second-order valence-corrected chi connectivity index (χ2v) is 5.27. The number of benzene rings is 2. The lowest BCUT2D eigenvalue weighted by Gasteiger charge is -2.18. The summed E-state index contributed by atoms with van der Waals surface area (Å²) in [6, 6.07) is 16.9. The summed E-state index contributed by atoms with van der Waals surface area (Å²) in [7, 11) is 1.70. The predicted octanol–water partition coefficient (Wildman–Crippen LogP) is 3.77. The Morgan fingerprint density at radius 3 is 2.67 bits per heavy atom.